The molecule has 0 fully saturated rings. The van der Waals surface area contributed by atoms with Crippen LogP contribution in [0.2, 0.25) is 5.02 Å². The van der Waals surface area contributed by atoms with Crippen molar-refractivity contribution < 1.29 is 4.39 Å². The van der Waals surface area contributed by atoms with Crippen LogP contribution in [0.4, 0.5) is 10.1 Å². The van der Waals surface area contributed by atoms with Crippen LogP contribution in [-0.4, -0.2) is 0 Å². The van der Waals surface area contributed by atoms with E-state index in [2.05, 4.69) is 21.2 Å². The minimum Gasteiger partial charge on any atom is -0.380 e. The molecule has 0 amide bonds. The molecule has 1 N–H and O–H groups in total. The number of rotatable bonds is 3. The summed E-state index contributed by atoms with van der Waals surface area (Å²) in [5.41, 5.74) is 1.84. The SMILES string of the molecule is Fc1ccc(CNc2ccccc2Br)c(Cl)c1. The van der Waals surface area contributed by atoms with Gasteiger partial charge in [-0.25, -0.2) is 4.39 Å². The summed E-state index contributed by atoms with van der Waals surface area (Å²) in [5, 5.41) is 3.67. The molecule has 0 atom stereocenters. The van der Waals surface area contributed by atoms with Gasteiger partial charge in [0.1, 0.15) is 5.82 Å². The van der Waals surface area contributed by atoms with E-state index in [1.54, 1.807) is 6.07 Å². The quantitative estimate of drug-likeness (QED) is 0.853. The van der Waals surface area contributed by atoms with Crippen molar-refractivity contribution >= 4 is 33.2 Å². The first-order chi connectivity index (χ1) is 8.16. The van der Waals surface area contributed by atoms with Crippen LogP contribution in [0.5, 0.6) is 0 Å². The van der Waals surface area contributed by atoms with E-state index in [-0.39, 0.29) is 5.82 Å². The number of anilines is 1. The van der Waals surface area contributed by atoms with Crippen molar-refractivity contribution in [2.75, 3.05) is 5.32 Å². The van der Waals surface area contributed by atoms with Crippen molar-refractivity contribution in [1.82, 2.24) is 0 Å². The second-order valence-corrected chi connectivity index (χ2v) is 4.83. The molecule has 0 aromatic heterocycles. The van der Waals surface area contributed by atoms with E-state index in [1.807, 2.05) is 24.3 Å². The van der Waals surface area contributed by atoms with Crippen LogP contribution in [0.3, 0.4) is 0 Å². The Labute approximate surface area is 113 Å². The smallest absolute Gasteiger partial charge is 0.124 e. The third-order valence-electron chi connectivity index (χ3n) is 2.36. The van der Waals surface area contributed by atoms with E-state index >= 15 is 0 Å². The summed E-state index contributed by atoms with van der Waals surface area (Å²) in [5.74, 6) is -0.320. The van der Waals surface area contributed by atoms with Gasteiger partial charge in [0.25, 0.3) is 0 Å². The molecule has 2 rings (SSSR count). The lowest BCUT2D eigenvalue weighted by atomic mass is 10.2. The van der Waals surface area contributed by atoms with Gasteiger partial charge >= 0.3 is 0 Å². The molecule has 0 aliphatic rings. The molecule has 0 saturated carbocycles. The van der Waals surface area contributed by atoms with E-state index in [9.17, 15) is 4.39 Å². The molecule has 0 radical (unpaired) electrons. The molecule has 88 valence electrons. The van der Waals surface area contributed by atoms with Crippen LogP contribution in [-0.2, 0) is 6.54 Å². The molecule has 0 spiro atoms. The number of halogens is 3. The molecule has 2 aromatic rings. The molecule has 0 bridgehead atoms. The maximum absolute atomic E-state index is 12.9. The zero-order valence-electron chi connectivity index (χ0n) is 8.88. The number of para-hydroxylation sites is 1. The Balaban J connectivity index is 2.10. The number of hydrogen-bond donors (Lipinski definition) is 1. The van der Waals surface area contributed by atoms with Crippen LogP contribution in [0, 0.1) is 5.82 Å². The first-order valence-corrected chi connectivity index (χ1v) is 6.26. The molecule has 17 heavy (non-hydrogen) atoms. The molecular weight excluding hydrogens is 305 g/mol. The van der Waals surface area contributed by atoms with Crippen LogP contribution < -0.4 is 5.32 Å². The zero-order chi connectivity index (χ0) is 12.3. The molecular formula is C13H10BrClFN. The van der Waals surface area contributed by atoms with Gasteiger partial charge in [0.15, 0.2) is 0 Å². The molecule has 4 heteroatoms. The van der Waals surface area contributed by atoms with Gasteiger partial charge < -0.3 is 5.32 Å². The summed E-state index contributed by atoms with van der Waals surface area (Å²) in [4.78, 5) is 0. The lowest BCUT2D eigenvalue weighted by Crippen LogP contribution is -2.00. The summed E-state index contributed by atoms with van der Waals surface area (Å²) >= 11 is 9.39. The van der Waals surface area contributed by atoms with Crippen LogP contribution >= 0.6 is 27.5 Å². The zero-order valence-corrected chi connectivity index (χ0v) is 11.2. The van der Waals surface area contributed by atoms with Gasteiger partial charge in [-0.15, -0.1) is 0 Å². The first kappa shape index (κ1) is 12.4. The highest BCUT2D eigenvalue weighted by molar-refractivity contribution is 9.10. The minimum atomic E-state index is -0.320. The van der Waals surface area contributed by atoms with Gasteiger partial charge in [0, 0.05) is 21.7 Å². The molecule has 1 nitrogen and oxygen atoms in total. The molecule has 0 heterocycles. The van der Waals surface area contributed by atoms with E-state index in [0.717, 1.165) is 15.7 Å². The van der Waals surface area contributed by atoms with Crippen LogP contribution in [0.1, 0.15) is 5.56 Å². The van der Waals surface area contributed by atoms with Gasteiger partial charge in [-0.3, -0.25) is 0 Å². The molecule has 0 saturated heterocycles. The summed E-state index contributed by atoms with van der Waals surface area (Å²) in [6.45, 7) is 0.557. The largest absolute Gasteiger partial charge is 0.380 e. The van der Waals surface area contributed by atoms with Gasteiger partial charge in [-0.2, -0.15) is 0 Å². The predicted octanol–water partition coefficient (Wildman–Crippen LogP) is 4.85. The number of nitrogens with one attached hydrogen (secondary N) is 1. The highest BCUT2D eigenvalue weighted by Gasteiger charge is 2.03. The monoisotopic (exact) mass is 313 g/mol. The number of hydrogen-bond acceptors (Lipinski definition) is 1. The maximum atomic E-state index is 12.9. The first-order valence-electron chi connectivity index (χ1n) is 5.09. The second-order valence-electron chi connectivity index (χ2n) is 3.57. The Kier molecular flexibility index (Phi) is 4.02. The summed E-state index contributed by atoms with van der Waals surface area (Å²) in [6.07, 6.45) is 0. The summed E-state index contributed by atoms with van der Waals surface area (Å²) < 4.78 is 13.8. The highest BCUT2D eigenvalue weighted by Crippen LogP contribution is 2.23. The van der Waals surface area contributed by atoms with Gasteiger partial charge in [0.2, 0.25) is 0 Å². The third kappa shape index (κ3) is 3.20. The predicted molar refractivity (Wildman–Crippen MR) is 72.9 cm³/mol. The van der Waals surface area contributed by atoms with Crippen molar-refractivity contribution in [2.24, 2.45) is 0 Å². The van der Waals surface area contributed by atoms with Gasteiger partial charge in [-0.1, -0.05) is 29.8 Å². The summed E-state index contributed by atoms with van der Waals surface area (Å²) in [6, 6.07) is 12.2. The standard InChI is InChI=1S/C13H10BrClFN/c14-11-3-1-2-4-13(11)17-8-9-5-6-10(16)7-12(9)15/h1-7,17H,8H2. The third-order valence-corrected chi connectivity index (χ3v) is 3.40. The van der Waals surface area contributed by atoms with Gasteiger partial charge in [0.05, 0.1) is 0 Å². The van der Waals surface area contributed by atoms with Crippen molar-refractivity contribution in [1.29, 1.82) is 0 Å². The average molecular weight is 315 g/mol. The molecule has 2 aromatic carbocycles. The maximum Gasteiger partial charge on any atom is 0.124 e. The van der Waals surface area contributed by atoms with Crippen molar-refractivity contribution in [3.05, 3.63) is 63.3 Å². The van der Waals surface area contributed by atoms with Crippen LogP contribution in [0.15, 0.2) is 46.9 Å². The highest BCUT2D eigenvalue weighted by atomic mass is 79.9. The fourth-order valence-corrected chi connectivity index (χ4v) is 2.12. The Morgan fingerprint density at radius 2 is 1.94 bits per heavy atom. The normalized spacial score (nSPS) is 10.3. The lowest BCUT2D eigenvalue weighted by Gasteiger charge is -2.09. The lowest BCUT2D eigenvalue weighted by molar-refractivity contribution is 0.627. The van der Waals surface area contributed by atoms with E-state index in [0.29, 0.717) is 11.6 Å². The van der Waals surface area contributed by atoms with Gasteiger partial charge in [-0.05, 0) is 45.8 Å². The number of benzene rings is 2. The topological polar surface area (TPSA) is 12.0 Å². The van der Waals surface area contributed by atoms with Crippen molar-refractivity contribution in [3.63, 3.8) is 0 Å². The fourth-order valence-electron chi connectivity index (χ4n) is 1.46. The molecule has 0 aliphatic heterocycles. The fraction of sp³-hybridized carbons (Fsp3) is 0.0769. The van der Waals surface area contributed by atoms with Crippen molar-refractivity contribution in [3.8, 4) is 0 Å². The molecule has 0 unspecified atom stereocenters. The van der Waals surface area contributed by atoms with E-state index < -0.39 is 0 Å². The Morgan fingerprint density at radius 1 is 1.18 bits per heavy atom. The van der Waals surface area contributed by atoms with E-state index in [1.165, 1.54) is 12.1 Å². The Bertz CT molecular complexity index is 531. The Hall–Kier alpha value is -1.06. The van der Waals surface area contributed by atoms with Crippen LogP contribution in [0.25, 0.3) is 0 Å². The average Bonchev–Trinajstić information content (AvgIpc) is 2.30. The minimum absolute atomic E-state index is 0.320. The second kappa shape index (κ2) is 5.52. The summed E-state index contributed by atoms with van der Waals surface area (Å²) in [7, 11) is 0. The van der Waals surface area contributed by atoms with Crippen molar-refractivity contribution in [2.45, 2.75) is 6.54 Å². The Morgan fingerprint density at radius 3 is 2.65 bits per heavy atom. The van der Waals surface area contributed by atoms with E-state index in [4.69, 9.17) is 11.6 Å². The molecule has 0 aliphatic carbocycles.